The van der Waals surface area contributed by atoms with Crippen molar-refractivity contribution in [2.45, 2.75) is 24.9 Å². The zero-order valence-electron chi connectivity index (χ0n) is 17.0. The van der Waals surface area contributed by atoms with Gasteiger partial charge in [0.1, 0.15) is 11.4 Å². The fourth-order valence-corrected chi connectivity index (χ4v) is 3.54. The molecule has 0 aliphatic heterocycles. The minimum absolute atomic E-state index is 0.0219. The molecule has 0 spiro atoms. The molecule has 10 heteroatoms. The van der Waals surface area contributed by atoms with Crippen LogP contribution in [0.25, 0.3) is 11.6 Å². The molecule has 4 aromatic rings. The van der Waals surface area contributed by atoms with Crippen LogP contribution < -0.4 is 10.6 Å². The Morgan fingerprint density at radius 3 is 1.59 bits per heavy atom. The molecule has 0 bridgehead atoms. The Morgan fingerprint density at radius 2 is 1.19 bits per heavy atom. The van der Waals surface area contributed by atoms with Gasteiger partial charge >= 0.3 is 0 Å². The van der Waals surface area contributed by atoms with Crippen LogP contribution in [0.2, 0.25) is 0 Å². The first-order valence-corrected chi connectivity index (χ1v) is 10.2. The van der Waals surface area contributed by atoms with Crippen LogP contribution in [0.4, 0.5) is 0 Å². The van der Waals surface area contributed by atoms with Crippen LogP contribution in [0.1, 0.15) is 33.8 Å². The average Bonchev–Trinajstić information content (AvgIpc) is 3.52. The molecule has 160 valence electrons. The summed E-state index contributed by atoms with van der Waals surface area (Å²) in [6, 6.07) is 14.0. The SMILES string of the molecule is O=C(NC1CC(NC(=O)c2cccc(-n3cccn3)n2)C1)c1cccc(-n2cccn2)n1. The van der Waals surface area contributed by atoms with Gasteiger partial charge in [-0.3, -0.25) is 9.59 Å². The molecule has 1 aliphatic carbocycles. The maximum Gasteiger partial charge on any atom is 0.270 e. The van der Waals surface area contributed by atoms with Gasteiger partial charge in [-0.2, -0.15) is 10.2 Å². The minimum atomic E-state index is -0.248. The quantitative estimate of drug-likeness (QED) is 0.481. The third-order valence-corrected chi connectivity index (χ3v) is 5.22. The molecular formula is C22H20N8O2. The number of pyridine rings is 2. The second-order valence-electron chi connectivity index (χ2n) is 7.48. The average molecular weight is 428 g/mol. The molecule has 0 aromatic carbocycles. The van der Waals surface area contributed by atoms with Gasteiger partial charge in [-0.1, -0.05) is 12.1 Å². The molecular weight excluding hydrogens is 408 g/mol. The molecule has 2 N–H and O–H groups in total. The fourth-order valence-electron chi connectivity index (χ4n) is 3.54. The van der Waals surface area contributed by atoms with E-state index in [0.29, 0.717) is 35.9 Å². The number of carbonyl (C=O) groups excluding carboxylic acids is 2. The minimum Gasteiger partial charge on any atom is -0.348 e. The van der Waals surface area contributed by atoms with Crippen LogP contribution in [0.3, 0.4) is 0 Å². The van der Waals surface area contributed by atoms with Crippen LogP contribution in [0, 0.1) is 0 Å². The van der Waals surface area contributed by atoms with Crippen LogP contribution >= 0.6 is 0 Å². The Morgan fingerprint density at radius 1 is 0.719 bits per heavy atom. The monoisotopic (exact) mass is 428 g/mol. The summed E-state index contributed by atoms with van der Waals surface area (Å²) in [5.74, 6) is 0.655. The number of hydrogen-bond donors (Lipinski definition) is 2. The summed E-state index contributed by atoms with van der Waals surface area (Å²) in [6.07, 6.45) is 8.14. The second kappa shape index (κ2) is 8.42. The van der Waals surface area contributed by atoms with Crippen molar-refractivity contribution >= 4 is 11.8 Å². The number of carbonyl (C=O) groups is 2. The van der Waals surface area contributed by atoms with Gasteiger partial charge in [0.05, 0.1) is 0 Å². The van der Waals surface area contributed by atoms with E-state index in [0.717, 1.165) is 0 Å². The summed E-state index contributed by atoms with van der Waals surface area (Å²) < 4.78 is 3.20. The lowest BCUT2D eigenvalue weighted by Crippen LogP contribution is -2.53. The van der Waals surface area contributed by atoms with Gasteiger partial charge in [0.2, 0.25) is 0 Å². The van der Waals surface area contributed by atoms with E-state index in [9.17, 15) is 9.59 Å². The topological polar surface area (TPSA) is 120 Å². The highest BCUT2D eigenvalue weighted by Crippen LogP contribution is 2.21. The molecule has 0 atom stereocenters. The molecule has 1 aliphatic rings. The van der Waals surface area contributed by atoms with E-state index in [1.54, 1.807) is 82.7 Å². The van der Waals surface area contributed by atoms with E-state index in [1.165, 1.54) is 0 Å². The first-order chi connectivity index (χ1) is 15.7. The van der Waals surface area contributed by atoms with E-state index in [-0.39, 0.29) is 23.9 Å². The van der Waals surface area contributed by atoms with Gasteiger partial charge in [-0.05, 0) is 49.2 Å². The van der Waals surface area contributed by atoms with E-state index >= 15 is 0 Å². The largest absolute Gasteiger partial charge is 0.348 e. The molecule has 4 heterocycles. The van der Waals surface area contributed by atoms with Crippen molar-refractivity contribution in [3.05, 3.63) is 84.7 Å². The predicted molar refractivity (Wildman–Crippen MR) is 114 cm³/mol. The van der Waals surface area contributed by atoms with Crippen LogP contribution in [-0.4, -0.2) is 53.4 Å². The third kappa shape index (κ3) is 4.10. The third-order valence-electron chi connectivity index (χ3n) is 5.22. The number of aromatic nitrogens is 6. The Labute approximate surface area is 183 Å². The van der Waals surface area contributed by atoms with Gasteiger partial charge < -0.3 is 10.6 Å². The van der Waals surface area contributed by atoms with Gasteiger partial charge in [-0.25, -0.2) is 19.3 Å². The molecule has 2 amide bonds. The standard InChI is InChI=1S/C22H20N8O2/c31-21(17-5-1-7-19(27-17)29-11-3-9-23-29)25-15-13-16(14-15)26-22(32)18-6-2-8-20(28-18)30-12-4-10-24-30/h1-12,15-16H,13-14H2,(H,25,31)(H,26,32). The second-order valence-corrected chi connectivity index (χ2v) is 7.48. The summed E-state index contributed by atoms with van der Waals surface area (Å²) in [6.45, 7) is 0. The molecule has 4 aromatic heterocycles. The normalized spacial score (nSPS) is 17.4. The first kappa shape index (κ1) is 19.6. The fraction of sp³-hybridized carbons (Fsp3) is 0.182. The summed E-state index contributed by atoms with van der Waals surface area (Å²) in [4.78, 5) is 33.9. The molecule has 0 unspecified atom stereocenters. The van der Waals surface area contributed by atoms with Crippen molar-refractivity contribution in [2.75, 3.05) is 0 Å². The molecule has 1 saturated carbocycles. The lowest BCUT2D eigenvalue weighted by Gasteiger charge is -2.36. The molecule has 0 saturated heterocycles. The highest BCUT2D eigenvalue weighted by atomic mass is 16.2. The van der Waals surface area contributed by atoms with E-state index in [1.807, 2.05) is 0 Å². The summed E-state index contributed by atoms with van der Waals surface area (Å²) in [7, 11) is 0. The van der Waals surface area contributed by atoms with Crippen molar-refractivity contribution in [3.63, 3.8) is 0 Å². The molecule has 1 fully saturated rings. The van der Waals surface area contributed by atoms with E-state index in [2.05, 4.69) is 30.8 Å². The number of nitrogens with one attached hydrogen (secondary N) is 2. The first-order valence-electron chi connectivity index (χ1n) is 10.2. The predicted octanol–water partition coefficient (Wildman–Crippen LogP) is 1.54. The van der Waals surface area contributed by atoms with Gasteiger partial charge in [-0.15, -0.1) is 0 Å². The zero-order valence-corrected chi connectivity index (χ0v) is 17.0. The highest BCUT2D eigenvalue weighted by molar-refractivity contribution is 5.93. The summed E-state index contributed by atoms with van der Waals surface area (Å²) >= 11 is 0. The Hall–Kier alpha value is -4.34. The number of rotatable bonds is 6. The smallest absolute Gasteiger partial charge is 0.270 e. The van der Waals surface area contributed by atoms with Gasteiger partial charge in [0.15, 0.2) is 11.6 Å². The highest BCUT2D eigenvalue weighted by Gasteiger charge is 2.32. The van der Waals surface area contributed by atoms with Crippen molar-refractivity contribution in [1.82, 2.24) is 40.2 Å². The number of hydrogen-bond acceptors (Lipinski definition) is 6. The summed E-state index contributed by atoms with van der Waals surface area (Å²) in [5, 5.41) is 14.2. The Kier molecular flexibility index (Phi) is 5.16. The van der Waals surface area contributed by atoms with Crippen LogP contribution in [0.5, 0.6) is 0 Å². The molecule has 32 heavy (non-hydrogen) atoms. The number of nitrogens with zero attached hydrogens (tertiary/aromatic N) is 6. The van der Waals surface area contributed by atoms with Crippen LogP contribution in [-0.2, 0) is 0 Å². The maximum absolute atomic E-state index is 12.6. The lowest BCUT2D eigenvalue weighted by molar-refractivity contribution is 0.0857. The van der Waals surface area contributed by atoms with Crippen LogP contribution in [0.15, 0.2) is 73.3 Å². The molecule has 5 rings (SSSR count). The lowest BCUT2D eigenvalue weighted by atomic mass is 9.86. The van der Waals surface area contributed by atoms with E-state index in [4.69, 9.17) is 0 Å². The van der Waals surface area contributed by atoms with Crippen molar-refractivity contribution in [1.29, 1.82) is 0 Å². The van der Waals surface area contributed by atoms with Gasteiger partial charge in [0.25, 0.3) is 11.8 Å². The van der Waals surface area contributed by atoms with Crippen molar-refractivity contribution < 1.29 is 9.59 Å². The van der Waals surface area contributed by atoms with Crippen molar-refractivity contribution in [2.24, 2.45) is 0 Å². The number of amides is 2. The zero-order chi connectivity index (χ0) is 21.9. The van der Waals surface area contributed by atoms with Crippen molar-refractivity contribution in [3.8, 4) is 11.6 Å². The molecule has 0 radical (unpaired) electrons. The Bertz CT molecular complexity index is 1130. The Balaban J connectivity index is 1.14. The summed E-state index contributed by atoms with van der Waals surface area (Å²) in [5.41, 5.74) is 0.648. The molecule has 10 nitrogen and oxygen atoms in total. The van der Waals surface area contributed by atoms with Gasteiger partial charge in [0, 0.05) is 36.9 Å². The maximum atomic E-state index is 12.6. The van der Waals surface area contributed by atoms with E-state index < -0.39 is 0 Å².